The van der Waals surface area contributed by atoms with Gasteiger partial charge in [0.25, 0.3) is 0 Å². The maximum atomic E-state index is 13.4. The summed E-state index contributed by atoms with van der Waals surface area (Å²) in [6, 6.07) is 19.1. The van der Waals surface area contributed by atoms with Crippen LogP contribution in [-0.4, -0.2) is 0 Å². The molecule has 0 saturated carbocycles. The molecule has 1 heterocycles. The molecule has 3 nitrogen and oxygen atoms in total. The van der Waals surface area contributed by atoms with E-state index in [0.717, 1.165) is 22.3 Å². The molecule has 4 heteroatoms. The van der Waals surface area contributed by atoms with E-state index >= 15 is 0 Å². The molecule has 0 amide bonds. The molecule has 0 aliphatic rings. The third kappa shape index (κ3) is 3.66. The predicted molar refractivity (Wildman–Crippen MR) is 118 cm³/mol. The Morgan fingerprint density at radius 1 is 0.931 bits per heavy atom. The molecule has 0 radical (unpaired) electrons. The Labute approximate surface area is 174 Å². The normalized spacial score (nSPS) is 11.0. The van der Waals surface area contributed by atoms with Crippen molar-refractivity contribution in [3.05, 3.63) is 98.2 Å². The lowest BCUT2D eigenvalue weighted by atomic mass is 10.0. The standard InChI is InChI=1S/C25H21ClO3/c1-15-12-17(3)22-21(13-15)29-24(19-10-6-7-11-20(19)26)25(23(22)27)28-14-18-9-5-4-8-16(18)2/h4-13H,14H2,1-3H3. The molecule has 0 aliphatic heterocycles. The van der Waals surface area contributed by atoms with Crippen molar-refractivity contribution in [2.45, 2.75) is 27.4 Å². The first-order valence-electron chi connectivity index (χ1n) is 9.46. The van der Waals surface area contributed by atoms with E-state index in [4.69, 9.17) is 20.8 Å². The van der Waals surface area contributed by atoms with Crippen molar-refractivity contribution < 1.29 is 9.15 Å². The third-order valence-electron chi connectivity index (χ3n) is 5.05. The molecule has 3 aromatic carbocycles. The van der Waals surface area contributed by atoms with Gasteiger partial charge in [0.15, 0.2) is 5.76 Å². The van der Waals surface area contributed by atoms with Gasteiger partial charge < -0.3 is 9.15 Å². The van der Waals surface area contributed by atoms with Crippen LogP contribution < -0.4 is 10.2 Å². The largest absolute Gasteiger partial charge is 0.481 e. The number of halogens is 1. The molecular weight excluding hydrogens is 384 g/mol. The molecule has 4 rings (SSSR count). The van der Waals surface area contributed by atoms with Crippen LogP contribution in [-0.2, 0) is 6.61 Å². The molecule has 146 valence electrons. The highest BCUT2D eigenvalue weighted by molar-refractivity contribution is 6.33. The Hall–Kier alpha value is -3.04. The maximum absolute atomic E-state index is 13.4. The van der Waals surface area contributed by atoms with Crippen molar-refractivity contribution in [1.29, 1.82) is 0 Å². The van der Waals surface area contributed by atoms with E-state index < -0.39 is 0 Å². The molecule has 0 unspecified atom stereocenters. The quantitative estimate of drug-likeness (QED) is 0.383. The van der Waals surface area contributed by atoms with Gasteiger partial charge in [-0.1, -0.05) is 54.1 Å². The Balaban J connectivity index is 1.94. The first kappa shape index (κ1) is 19.3. The van der Waals surface area contributed by atoms with Crippen molar-refractivity contribution >= 4 is 22.6 Å². The van der Waals surface area contributed by atoms with Crippen molar-refractivity contribution in [3.63, 3.8) is 0 Å². The number of hydrogen-bond donors (Lipinski definition) is 0. The minimum absolute atomic E-state index is 0.181. The molecule has 0 fully saturated rings. The molecule has 29 heavy (non-hydrogen) atoms. The lowest BCUT2D eigenvalue weighted by Gasteiger charge is -2.14. The van der Waals surface area contributed by atoms with Crippen molar-refractivity contribution in [2.75, 3.05) is 0 Å². The van der Waals surface area contributed by atoms with Crippen LogP contribution in [0.1, 0.15) is 22.3 Å². The summed E-state index contributed by atoms with van der Waals surface area (Å²) in [5, 5.41) is 1.03. The summed E-state index contributed by atoms with van der Waals surface area (Å²) in [5.41, 5.74) is 4.98. The number of rotatable bonds is 4. The first-order chi connectivity index (χ1) is 14.0. The van der Waals surface area contributed by atoms with Gasteiger partial charge in [0.05, 0.1) is 10.4 Å². The molecule has 1 aromatic heterocycles. The summed E-state index contributed by atoms with van der Waals surface area (Å²) < 4.78 is 12.3. The molecule has 4 aromatic rings. The molecule has 0 saturated heterocycles. The number of benzene rings is 3. The van der Waals surface area contributed by atoms with E-state index in [9.17, 15) is 4.79 Å². The first-order valence-corrected chi connectivity index (χ1v) is 9.84. The van der Waals surface area contributed by atoms with Crippen LogP contribution in [0.25, 0.3) is 22.3 Å². The average molecular weight is 405 g/mol. The topological polar surface area (TPSA) is 39.4 Å². The van der Waals surface area contributed by atoms with Crippen molar-refractivity contribution in [2.24, 2.45) is 0 Å². The molecular formula is C25H21ClO3. The minimum atomic E-state index is -0.188. The zero-order chi connectivity index (χ0) is 20.5. The molecule has 0 N–H and O–H groups in total. The predicted octanol–water partition coefficient (Wildman–Crippen LogP) is 6.62. The van der Waals surface area contributed by atoms with E-state index in [1.165, 1.54) is 0 Å². The zero-order valence-corrected chi connectivity index (χ0v) is 17.3. The molecule has 0 bridgehead atoms. The molecule has 0 atom stereocenters. The second-order valence-electron chi connectivity index (χ2n) is 7.24. The van der Waals surface area contributed by atoms with Crippen molar-refractivity contribution in [3.8, 4) is 17.1 Å². The number of aryl methyl sites for hydroxylation is 3. The number of hydrogen-bond acceptors (Lipinski definition) is 3. The van der Waals surface area contributed by atoms with Gasteiger partial charge in [-0.2, -0.15) is 0 Å². The van der Waals surface area contributed by atoms with Crippen LogP contribution in [0.2, 0.25) is 5.02 Å². The number of fused-ring (bicyclic) bond motifs is 1. The van der Waals surface area contributed by atoms with Crippen LogP contribution in [0, 0.1) is 20.8 Å². The lowest BCUT2D eigenvalue weighted by Crippen LogP contribution is -2.12. The van der Waals surface area contributed by atoms with E-state index in [1.54, 1.807) is 6.07 Å². The van der Waals surface area contributed by atoms with E-state index in [-0.39, 0.29) is 17.8 Å². The van der Waals surface area contributed by atoms with Gasteiger partial charge in [0.1, 0.15) is 12.2 Å². The van der Waals surface area contributed by atoms with Gasteiger partial charge in [0, 0.05) is 5.56 Å². The third-order valence-corrected chi connectivity index (χ3v) is 5.38. The monoisotopic (exact) mass is 404 g/mol. The second kappa shape index (κ2) is 7.76. The zero-order valence-electron chi connectivity index (χ0n) is 16.6. The Morgan fingerprint density at radius 2 is 1.66 bits per heavy atom. The van der Waals surface area contributed by atoms with Gasteiger partial charge in [-0.05, 0) is 61.2 Å². The summed E-state index contributed by atoms with van der Waals surface area (Å²) in [7, 11) is 0. The van der Waals surface area contributed by atoms with Gasteiger partial charge >= 0.3 is 0 Å². The van der Waals surface area contributed by atoms with E-state index in [1.807, 2.05) is 75.4 Å². The fourth-order valence-electron chi connectivity index (χ4n) is 3.55. The maximum Gasteiger partial charge on any atom is 0.235 e. The Kier molecular flexibility index (Phi) is 5.16. The van der Waals surface area contributed by atoms with Gasteiger partial charge in [-0.15, -0.1) is 0 Å². The van der Waals surface area contributed by atoms with Crippen LogP contribution in [0.3, 0.4) is 0 Å². The number of ether oxygens (including phenoxy) is 1. The highest BCUT2D eigenvalue weighted by atomic mass is 35.5. The smallest absolute Gasteiger partial charge is 0.235 e. The summed E-state index contributed by atoms with van der Waals surface area (Å²) in [6.45, 7) is 6.17. The summed E-state index contributed by atoms with van der Waals surface area (Å²) in [6.07, 6.45) is 0. The van der Waals surface area contributed by atoms with Gasteiger partial charge in [0.2, 0.25) is 11.2 Å². The fourth-order valence-corrected chi connectivity index (χ4v) is 3.77. The summed E-state index contributed by atoms with van der Waals surface area (Å²) >= 11 is 6.42. The van der Waals surface area contributed by atoms with Gasteiger partial charge in [-0.3, -0.25) is 4.79 Å². The van der Waals surface area contributed by atoms with Crippen molar-refractivity contribution in [1.82, 2.24) is 0 Å². The highest BCUT2D eigenvalue weighted by Crippen LogP contribution is 2.36. The summed E-state index contributed by atoms with van der Waals surface area (Å²) in [4.78, 5) is 13.4. The van der Waals surface area contributed by atoms with Crippen LogP contribution in [0.5, 0.6) is 5.75 Å². The average Bonchev–Trinajstić information content (AvgIpc) is 2.68. The van der Waals surface area contributed by atoms with E-state index in [2.05, 4.69) is 0 Å². The van der Waals surface area contributed by atoms with Crippen LogP contribution >= 0.6 is 11.6 Å². The van der Waals surface area contributed by atoms with Crippen LogP contribution in [0.15, 0.2) is 69.9 Å². The molecule has 0 spiro atoms. The lowest BCUT2D eigenvalue weighted by molar-refractivity contribution is 0.297. The highest BCUT2D eigenvalue weighted by Gasteiger charge is 2.21. The Morgan fingerprint density at radius 3 is 2.41 bits per heavy atom. The summed E-state index contributed by atoms with van der Waals surface area (Å²) in [5.74, 6) is 0.535. The second-order valence-corrected chi connectivity index (χ2v) is 7.65. The fraction of sp³-hybridized carbons (Fsp3) is 0.160. The van der Waals surface area contributed by atoms with E-state index in [0.29, 0.717) is 27.3 Å². The molecule has 0 aliphatic carbocycles. The minimum Gasteiger partial charge on any atom is -0.481 e. The Bertz CT molecular complexity index is 1270. The SMILES string of the molecule is Cc1cc(C)c2c(=O)c(OCc3ccccc3C)c(-c3ccccc3Cl)oc2c1. The van der Waals surface area contributed by atoms with Gasteiger partial charge in [-0.25, -0.2) is 0 Å². The van der Waals surface area contributed by atoms with Crippen LogP contribution in [0.4, 0.5) is 0 Å².